The minimum atomic E-state index is -0.463. The van der Waals surface area contributed by atoms with Crippen LogP contribution in [-0.4, -0.2) is 49.9 Å². The second-order valence-electron chi connectivity index (χ2n) is 8.47. The fourth-order valence-corrected chi connectivity index (χ4v) is 4.23. The Bertz CT molecular complexity index is 1140. The highest BCUT2D eigenvalue weighted by Crippen LogP contribution is 2.34. The third-order valence-corrected chi connectivity index (χ3v) is 6.20. The van der Waals surface area contributed by atoms with Gasteiger partial charge in [0.05, 0.1) is 31.0 Å². The average molecular weight is 493 g/mol. The molecule has 2 aliphatic heterocycles. The summed E-state index contributed by atoms with van der Waals surface area (Å²) in [5.74, 6) is 1.24. The number of ether oxygens (including phenoxy) is 3. The van der Waals surface area contributed by atoms with Crippen LogP contribution in [0.2, 0.25) is 0 Å². The Kier molecular flexibility index (Phi) is 8.12. The molecule has 4 rings (SSSR count). The first-order valence-electron chi connectivity index (χ1n) is 12.0. The van der Waals surface area contributed by atoms with Crippen molar-refractivity contribution in [3.8, 4) is 5.75 Å². The summed E-state index contributed by atoms with van der Waals surface area (Å²) in [6, 6.07) is 17.1. The topological polar surface area (TPSA) is 101 Å². The first kappa shape index (κ1) is 25.1. The standard InChI is InChI=1S/C27H32N4O5/c1-4-35-26(32)23-16-22-18(2)31(15-14-28-27(33)36-17-19-8-6-5-7-9-19)30-25(22)29-24(23)20-10-12-21(34-3)13-11-20/h5-13,18,29-30H,4,14-17H2,1-3H3,(H,28,33). The minimum Gasteiger partial charge on any atom is -0.497 e. The van der Waals surface area contributed by atoms with E-state index in [1.807, 2.05) is 59.6 Å². The molecule has 2 aromatic rings. The van der Waals surface area contributed by atoms with Gasteiger partial charge in [0.1, 0.15) is 18.2 Å². The van der Waals surface area contributed by atoms with Crippen LogP contribution < -0.4 is 20.8 Å². The monoisotopic (exact) mass is 492 g/mol. The molecule has 0 spiro atoms. The first-order valence-corrected chi connectivity index (χ1v) is 12.0. The van der Waals surface area contributed by atoms with E-state index >= 15 is 0 Å². The lowest BCUT2D eigenvalue weighted by atomic mass is 9.93. The molecule has 0 saturated heterocycles. The Hall–Kier alpha value is -3.98. The molecule has 190 valence electrons. The van der Waals surface area contributed by atoms with Gasteiger partial charge in [0.25, 0.3) is 0 Å². The summed E-state index contributed by atoms with van der Waals surface area (Å²) in [7, 11) is 1.62. The number of dihydropyridines is 1. The Morgan fingerprint density at radius 3 is 2.53 bits per heavy atom. The van der Waals surface area contributed by atoms with Gasteiger partial charge in [-0.05, 0) is 54.8 Å². The number of benzene rings is 2. The summed E-state index contributed by atoms with van der Waals surface area (Å²) in [6.07, 6.45) is -0.00525. The molecule has 2 aromatic carbocycles. The number of hydrogen-bond acceptors (Lipinski definition) is 8. The molecule has 3 N–H and O–H groups in total. The molecule has 0 aromatic heterocycles. The van der Waals surface area contributed by atoms with E-state index in [4.69, 9.17) is 14.2 Å². The summed E-state index contributed by atoms with van der Waals surface area (Å²) in [6.45, 7) is 5.33. The van der Waals surface area contributed by atoms with Crippen molar-refractivity contribution in [2.45, 2.75) is 32.9 Å². The van der Waals surface area contributed by atoms with Crippen molar-refractivity contribution in [3.05, 3.63) is 82.7 Å². The van der Waals surface area contributed by atoms with Gasteiger partial charge >= 0.3 is 12.1 Å². The van der Waals surface area contributed by atoms with Gasteiger partial charge in [0, 0.05) is 19.5 Å². The van der Waals surface area contributed by atoms with Crippen LogP contribution in [0.3, 0.4) is 0 Å². The maximum Gasteiger partial charge on any atom is 0.407 e. The number of nitrogens with one attached hydrogen (secondary N) is 3. The third kappa shape index (κ3) is 5.80. The molecule has 9 nitrogen and oxygen atoms in total. The van der Waals surface area contributed by atoms with E-state index in [1.165, 1.54) is 0 Å². The summed E-state index contributed by atoms with van der Waals surface area (Å²) in [4.78, 5) is 24.9. The van der Waals surface area contributed by atoms with Crippen LogP contribution >= 0.6 is 0 Å². The zero-order valence-corrected chi connectivity index (χ0v) is 20.8. The maximum atomic E-state index is 12.8. The van der Waals surface area contributed by atoms with Gasteiger partial charge in [0.15, 0.2) is 0 Å². The predicted molar refractivity (Wildman–Crippen MR) is 135 cm³/mol. The predicted octanol–water partition coefficient (Wildman–Crippen LogP) is 3.31. The molecule has 1 unspecified atom stereocenters. The molecular formula is C27H32N4O5. The zero-order chi connectivity index (χ0) is 25.5. The van der Waals surface area contributed by atoms with E-state index in [0.717, 1.165) is 28.3 Å². The highest BCUT2D eigenvalue weighted by Gasteiger charge is 2.36. The van der Waals surface area contributed by atoms with Crippen LogP contribution in [0, 0.1) is 0 Å². The average Bonchev–Trinajstić information content (AvgIpc) is 3.21. The van der Waals surface area contributed by atoms with Crippen molar-refractivity contribution in [2.75, 3.05) is 26.8 Å². The van der Waals surface area contributed by atoms with E-state index in [-0.39, 0.29) is 18.6 Å². The molecule has 0 bridgehead atoms. The number of amides is 1. The van der Waals surface area contributed by atoms with Crippen LogP contribution in [0.15, 0.2) is 71.6 Å². The zero-order valence-electron chi connectivity index (χ0n) is 20.8. The Morgan fingerprint density at radius 1 is 1.08 bits per heavy atom. The van der Waals surface area contributed by atoms with Crippen molar-refractivity contribution in [1.82, 2.24) is 21.1 Å². The van der Waals surface area contributed by atoms with Gasteiger partial charge in [-0.15, -0.1) is 0 Å². The lowest BCUT2D eigenvalue weighted by molar-refractivity contribution is -0.138. The first-order chi connectivity index (χ1) is 17.5. The normalized spacial score (nSPS) is 17.1. The van der Waals surface area contributed by atoms with E-state index in [2.05, 4.69) is 23.0 Å². The van der Waals surface area contributed by atoms with Gasteiger partial charge in [-0.25, -0.2) is 14.6 Å². The number of rotatable bonds is 9. The number of carbonyl (C=O) groups excluding carboxylic acids is 2. The Morgan fingerprint density at radius 2 is 1.83 bits per heavy atom. The second kappa shape index (κ2) is 11.6. The number of hydrogen-bond donors (Lipinski definition) is 3. The lowest BCUT2D eigenvalue weighted by Gasteiger charge is -2.23. The van der Waals surface area contributed by atoms with E-state index in [0.29, 0.717) is 37.4 Å². The molecule has 2 heterocycles. The van der Waals surface area contributed by atoms with Gasteiger partial charge in [-0.2, -0.15) is 0 Å². The lowest BCUT2D eigenvalue weighted by Crippen LogP contribution is -2.44. The summed E-state index contributed by atoms with van der Waals surface area (Å²) in [5.41, 5.74) is 7.53. The molecular weight excluding hydrogens is 460 g/mol. The summed E-state index contributed by atoms with van der Waals surface area (Å²) in [5, 5.41) is 8.22. The van der Waals surface area contributed by atoms with Crippen molar-refractivity contribution in [2.24, 2.45) is 0 Å². The Labute approximate surface area is 211 Å². The largest absolute Gasteiger partial charge is 0.497 e. The highest BCUT2D eigenvalue weighted by atomic mass is 16.5. The number of carbonyl (C=O) groups is 2. The second-order valence-corrected chi connectivity index (χ2v) is 8.47. The number of hydrazine groups is 1. The van der Waals surface area contributed by atoms with Gasteiger partial charge < -0.3 is 30.3 Å². The van der Waals surface area contributed by atoms with Crippen molar-refractivity contribution in [3.63, 3.8) is 0 Å². The molecule has 1 atom stereocenters. The number of esters is 1. The smallest absolute Gasteiger partial charge is 0.407 e. The summed E-state index contributed by atoms with van der Waals surface area (Å²) >= 11 is 0. The third-order valence-electron chi connectivity index (χ3n) is 6.20. The fourth-order valence-electron chi connectivity index (χ4n) is 4.23. The van der Waals surface area contributed by atoms with Gasteiger partial charge in [-0.3, -0.25) is 0 Å². The van der Waals surface area contributed by atoms with E-state index in [9.17, 15) is 9.59 Å². The van der Waals surface area contributed by atoms with Crippen molar-refractivity contribution < 1.29 is 23.8 Å². The van der Waals surface area contributed by atoms with Gasteiger partial charge in [-0.1, -0.05) is 30.3 Å². The van der Waals surface area contributed by atoms with Crippen molar-refractivity contribution >= 4 is 17.8 Å². The van der Waals surface area contributed by atoms with E-state index in [1.54, 1.807) is 14.0 Å². The van der Waals surface area contributed by atoms with Crippen molar-refractivity contribution in [1.29, 1.82) is 0 Å². The quantitative estimate of drug-likeness (QED) is 0.459. The van der Waals surface area contributed by atoms with Crippen LogP contribution in [0.1, 0.15) is 31.4 Å². The molecule has 9 heteroatoms. The minimum absolute atomic E-state index is 0.0106. The number of nitrogens with zero attached hydrogens (tertiary/aromatic N) is 1. The molecule has 0 fully saturated rings. The number of alkyl carbamates (subject to hydrolysis) is 1. The molecule has 0 radical (unpaired) electrons. The Balaban J connectivity index is 1.36. The molecule has 2 aliphatic rings. The van der Waals surface area contributed by atoms with Crippen LogP contribution in [0.5, 0.6) is 5.75 Å². The van der Waals surface area contributed by atoms with Crippen LogP contribution in [0.25, 0.3) is 5.70 Å². The molecule has 0 aliphatic carbocycles. The molecule has 1 amide bonds. The summed E-state index contributed by atoms with van der Waals surface area (Å²) < 4.78 is 15.9. The fraction of sp³-hybridized carbons (Fsp3) is 0.333. The highest BCUT2D eigenvalue weighted by molar-refractivity contribution is 5.98. The molecule has 36 heavy (non-hydrogen) atoms. The number of methoxy groups -OCH3 is 1. The van der Waals surface area contributed by atoms with E-state index < -0.39 is 6.09 Å². The molecule has 0 saturated carbocycles. The van der Waals surface area contributed by atoms with Crippen LogP contribution in [-0.2, 0) is 20.9 Å². The van der Waals surface area contributed by atoms with Crippen LogP contribution in [0.4, 0.5) is 4.79 Å². The maximum absolute atomic E-state index is 12.8. The SMILES string of the molecule is CCOC(=O)C1=C(c2ccc(OC)cc2)NC2=C(C1)C(C)N(CCNC(=O)OCc1ccccc1)N2. The van der Waals surface area contributed by atoms with Gasteiger partial charge in [0.2, 0.25) is 0 Å².